The van der Waals surface area contributed by atoms with Gasteiger partial charge in [-0.3, -0.25) is 23.5 Å². The van der Waals surface area contributed by atoms with Gasteiger partial charge < -0.3 is 46.6 Å². The van der Waals surface area contributed by atoms with Crippen LogP contribution in [0.15, 0.2) is 55.6 Å². The maximum absolute atomic E-state index is 12.5. The van der Waals surface area contributed by atoms with Crippen LogP contribution in [0.1, 0.15) is 25.0 Å². The van der Waals surface area contributed by atoms with Gasteiger partial charge in [-0.15, -0.1) is 12.8 Å². The molecular formula is C40H42N8O11. The van der Waals surface area contributed by atoms with Crippen molar-refractivity contribution >= 4 is 34.9 Å². The Morgan fingerprint density at radius 2 is 1.08 bits per heavy atom. The fourth-order valence-corrected chi connectivity index (χ4v) is 4.87. The first-order valence-electron chi connectivity index (χ1n) is 17.0. The minimum atomic E-state index is -1.16. The van der Waals surface area contributed by atoms with Crippen molar-refractivity contribution in [3.8, 4) is 71.4 Å². The van der Waals surface area contributed by atoms with Gasteiger partial charge in [0.2, 0.25) is 0 Å². The number of methoxy groups -OCH3 is 4. The summed E-state index contributed by atoms with van der Waals surface area (Å²) in [5, 5.41) is 10.7. The van der Waals surface area contributed by atoms with Crippen LogP contribution in [0.4, 0.5) is 23.0 Å². The third-order valence-corrected chi connectivity index (χ3v) is 7.74. The average Bonchev–Trinajstić information content (AvgIpc) is 3.23. The zero-order chi connectivity index (χ0) is 44.4. The second kappa shape index (κ2) is 22.2. The SMILES string of the molecule is C#CCn1c(=O)c(N)c(N)n(CC)c1=O.C#CCn1c(=O)c(NC(=O)C#Cc2ccc(OC)c(OC)c2)c(N)n(CC)c1=O.COc1ccc(C#CC(=O)O)cc1OC. The van der Waals surface area contributed by atoms with Crippen LogP contribution in [0.3, 0.4) is 0 Å². The molecule has 0 fully saturated rings. The van der Waals surface area contributed by atoms with Gasteiger partial charge in [0, 0.05) is 36.1 Å². The summed E-state index contributed by atoms with van der Waals surface area (Å²) in [5.74, 6) is 13.9. The van der Waals surface area contributed by atoms with Gasteiger partial charge in [-0.1, -0.05) is 23.7 Å². The maximum Gasteiger partial charge on any atom is 0.382 e. The fourth-order valence-electron chi connectivity index (χ4n) is 4.87. The van der Waals surface area contributed by atoms with E-state index in [1.54, 1.807) is 50.2 Å². The molecule has 0 saturated heterocycles. The Kier molecular flexibility index (Phi) is 17.6. The van der Waals surface area contributed by atoms with Gasteiger partial charge in [0.15, 0.2) is 23.0 Å². The first-order valence-corrected chi connectivity index (χ1v) is 17.0. The second-order valence-corrected chi connectivity index (χ2v) is 11.2. The number of nitrogens with zero attached hydrogens (tertiary/aromatic N) is 4. The van der Waals surface area contributed by atoms with Crippen LogP contribution < -0.4 is 64.0 Å². The summed E-state index contributed by atoms with van der Waals surface area (Å²) in [4.78, 5) is 70.5. The lowest BCUT2D eigenvalue weighted by atomic mass is 10.2. The Labute approximate surface area is 337 Å². The molecule has 0 atom stereocenters. The number of rotatable bonds is 9. The minimum absolute atomic E-state index is 0.0132. The number of anilines is 4. The number of carboxylic acid groups (broad SMARTS) is 1. The standard InChI is InChI=1S/C20H20N4O5.C11H10O4.C9H12N4O2/c1-5-11-24-19(26)17(18(21)23(6-2)20(24)27)22-16(25)10-8-13-7-9-14(28-3)15(12-13)29-4;1-14-9-5-3-8(4-6-11(12)13)7-10(9)15-2;1-3-5-13-8(14)6(10)7(11)12(4-2)9(13)15/h1,7,9,12H,6,11,21H2,2-4H3,(H,22,25);3,5,7H,1-2H3,(H,12,13);1H,4-5,10-11H2,2H3. The highest BCUT2D eigenvalue weighted by Gasteiger charge is 2.18. The number of terminal acetylenes is 2. The number of ether oxygens (including phenoxy) is 4. The molecule has 0 aliphatic carbocycles. The Hall–Kier alpha value is -8.42. The van der Waals surface area contributed by atoms with Crippen molar-refractivity contribution in [2.45, 2.75) is 40.0 Å². The molecule has 308 valence electrons. The Morgan fingerprint density at radius 3 is 1.49 bits per heavy atom. The van der Waals surface area contributed by atoms with Crippen LogP contribution >= 0.6 is 0 Å². The minimum Gasteiger partial charge on any atom is -0.493 e. The van der Waals surface area contributed by atoms with E-state index in [0.717, 1.165) is 13.7 Å². The van der Waals surface area contributed by atoms with Crippen molar-refractivity contribution in [3.05, 3.63) is 89.2 Å². The first-order chi connectivity index (χ1) is 28.1. The number of hydrogen-bond donors (Lipinski definition) is 5. The molecule has 0 saturated carbocycles. The third-order valence-electron chi connectivity index (χ3n) is 7.74. The predicted octanol–water partition coefficient (Wildman–Crippen LogP) is 0.220. The van der Waals surface area contributed by atoms with Crippen molar-refractivity contribution in [3.63, 3.8) is 0 Å². The monoisotopic (exact) mass is 810 g/mol. The Balaban J connectivity index is 0.000000336. The van der Waals surface area contributed by atoms with Gasteiger partial charge in [0.05, 0.1) is 41.5 Å². The molecule has 8 N–H and O–H groups in total. The zero-order valence-corrected chi connectivity index (χ0v) is 33.0. The zero-order valence-electron chi connectivity index (χ0n) is 33.0. The number of nitrogen functional groups attached to an aromatic ring is 3. The lowest BCUT2D eigenvalue weighted by Crippen LogP contribution is -2.42. The number of carbonyl (C=O) groups is 2. The van der Waals surface area contributed by atoms with Crippen LogP contribution in [-0.2, 0) is 35.8 Å². The molecule has 0 aliphatic heterocycles. The molecule has 19 nitrogen and oxygen atoms in total. The molecule has 59 heavy (non-hydrogen) atoms. The lowest BCUT2D eigenvalue weighted by molar-refractivity contribution is -0.130. The summed E-state index contributed by atoms with van der Waals surface area (Å²) in [6.07, 6.45) is 10.3. The van der Waals surface area contributed by atoms with Crippen LogP contribution in [0.5, 0.6) is 23.0 Å². The molecule has 19 heteroatoms. The molecule has 0 aliphatic rings. The molecule has 0 spiro atoms. The number of amides is 1. The largest absolute Gasteiger partial charge is 0.493 e. The highest BCUT2D eigenvalue weighted by molar-refractivity contribution is 6.05. The highest BCUT2D eigenvalue weighted by atomic mass is 16.5. The molecule has 2 aromatic carbocycles. The van der Waals surface area contributed by atoms with E-state index in [9.17, 15) is 28.8 Å². The second-order valence-electron chi connectivity index (χ2n) is 11.2. The van der Waals surface area contributed by atoms with E-state index in [1.807, 2.05) is 5.92 Å². The molecule has 0 unspecified atom stereocenters. The normalized spacial score (nSPS) is 9.49. The maximum atomic E-state index is 12.5. The number of carboxylic acids is 1. The van der Waals surface area contributed by atoms with E-state index in [-0.39, 0.29) is 42.6 Å². The van der Waals surface area contributed by atoms with E-state index in [1.165, 1.54) is 33.0 Å². The number of carbonyl (C=O) groups excluding carboxylic acids is 1. The Bertz CT molecular complexity index is 2670. The van der Waals surface area contributed by atoms with Crippen LogP contribution in [0, 0.1) is 48.4 Å². The summed E-state index contributed by atoms with van der Waals surface area (Å²) >= 11 is 0. The molecular weight excluding hydrogens is 768 g/mol. The molecule has 2 aromatic heterocycles. The first kappa shape index (κ1) is 46.7. The molecule has 0 bridgehead atoms. The predicted molar refractivity (Wildman–Crippen MR) is 221 cm³/mol. The van der Waals surface area contributed by atoms with Crippen molar-refractivity contribution in [1.29, 1.82) is 0 Å². The molecule has 0 radical (unpaired) electrons. The summed E-state index contributed by atoms with van der Waals surface area (Å²) in [6.45, 7) is 3.56. The summed E-state index contributed by atoms with van der Waals surface area (Å²) in [6, 6.07) is 9.85. The smallest absolute Gasteiger partial charge is 0.382 e. The number of nitrogens with two attached hydrogens (primary N) is 3. The van der Waals surface area contributed by atoms with Gasteiger partial charge in [0.25, 0.3) is 11.1 Å². The van der Waals surface area contributed by atoms with Crippen molar-refractivity contribution in [2.24, 2.45) is 0 Å². The van der Waals surface area contributed by atoms with Crippen molar-refractivity contribution in [2.75, 3.05) is 51.0 Å². The van der Waals surface area contributed by atoms with Crippen LogP contribution in [0.2, 0.25) is 0 Å². The van der Waals surface area contributed by atoms with Crippen LogP contribution in [0.25, 0.3) is 0 Å². The third kappa shape index (κ3) is 11.8. The number of hydrogen-bond acceptors (Lipinski definition) is 13. The number of nitrogens with one attached hydrogen (secondary N) is 1. The molecule has 4 aromatic rings. The van der Waals surface area contributed by atoms with E-state index in [4.69, 9.17) is 54.1 Å². The van der Waals surface area contributed by atoms with Gasteiger partial charge in [-0.05, 0) is 50.2 Å². The van der Waals surface area contributed by atoms with Gasteiger partial charge in [0.1, 0.15) is 23.0 Å². The fraction of sp³-hybridized carbons (Fsp3) is 0.250. The molecule has 2 heterocycles. The van der Waals surface area contributed by atoms with Crippen molar-refractivity contribution in [1.82, 2.24) is 18.3 Å². The molecule has 4 rings (SSSR count). The topological polar surface area (TPSA) is 269 Å². The summed E-state index contributed by atoms with van der Waals surface area (Å²) < 4.78 is 24.4. The number of aromatic nitrogens is 4. The lowest BCUT2D eigenvalue weighted by Gasteiger charge is -2.14. The van der Waals surface area contributed by atoms with Crippen LogP contribution in [-0.4, -0.2) is 63.7 Å². The number of benzene rings is 2. The van der Waals surface area contributed by atoms with Crippen molar-refractivity contribution < 1.29 is 33.6 Å². The summed E-state index contributed by atoms with van der Waals surface area (Å²) in [5.41, 5.74) is 14.9. The van der Waals surface area contributed by atoms with E-state index >= 15 is 0 Å². The summed E-state index contributed by atoms with van der Waals surface area (Å²) in [7, 11) is 6.02. The van der Waals surface area contributed by atoms with E-state index in [0.29, 0.717) is 40.7 Å². The van der Waals surface area contributed by atoms with Gasteiger partial charge in [-0.2, -0.15) is 0 Å². The van der Waals surface area contributed by atoms with Gasteiger partial charge in [-0.25, -0.2) is 23.5 Å². The van der Waals surface area contributed by atoms with Gasteiger partial charge >= 0.3 is 23.3 Å². The number of aliphatic carboxylic acids is 1. The van der Waals surface area contributed by atoms with E-state index < -0.39 is 34.4 Å². The quantitative estimate of drug-likeness (QED) is 0.142. The van der Waals surface area contributed by atoms with E-state index in [2.05, 4.69) is 34.9 Å². The highest BCUT2D eigenvalue weighted by Crippen LogP contribution is 2.28. The molecule has 1 amide bonds. The Morgan fingerprint density at radius 1 is 0.661 bits per heavy atom. The average molecular weight is 811 g/mol.